The summed E-state index contributed by atoms with van der Waals surface area (Å²) in [5, 5.41) is 19.8. The molecule has 0 radical (unpaired) electrons. The van der Waals surface area contributed by atoms with Gasteiger partial charge < -0.3 is 10.2 Å². The minimum absolute atomic E-state index is 0.310. The van der Waals surface area contributed by atoms with Crippen LogP contribution in [-0.4, -0.2) is 22.2 Å². The van der Waals surface area contributed by atoms with Gasteiger partial charge in [0, 0.05) is 0 Å². The number of carboxylic acids is 2. The molecule has 0 aromatic heterocycles. The van der Waals surface area contributed by atoms with Crippen molar-refractivity contribution in [1.29, 1.82) is 0 Å². The van der Waals surface area contributed by atoms with E-state index in [0.717, 1.165) is 57.8 Å². The first-order chi connectivity index (χ1) is 10.00. The van der Waals surface area contributed by atoms with Crippen LogP contribution in [0.5, 0.6) is 0 Å². The minimum Gasteiger partial charge on any atom is -0.481 e. The summed E-state index contributed by atoms with van der Waals surface area (Å²) >= 11 is 0. The average molecular weight is 296 g/mol. The number of hydrogen-bond acceptors (Lipinski definition) is 2. The fraction of sp³-hybridized carbons (Fsp3) is 0.882. The van der Waals surface area contributed by atoms with E-state index in [1.165, 1.54) is 0 Å². The minimum atomic E-state index is -1.05. The molecule has 2 rings (SSSR count). The zero-order chi connectivity index (χ0) is 15.5. The zero-order valence-corrected chi connectivity index (χ0v) is 13.1. The molecule has 0 amide bonds. The van der Waals surface area contributed by atoms with Crippen LogP contribution in [0.2, 0.25) is 0 Å². The summed E-state index contributed by atoms with van der Waals surface area (Å²) in [6.07, 6.45) is 9.54. The maximum absolute atomic E-state index is 12.3. The first kappa shape index (κ1) is 16.3. The number of carboxylic acid groups (broad SMARTS) is 2. The summed E-state index contributed by atoms with van der Waals surface area (Å²) in [4.78, 5) is 24.1. The molecule has 2 atom stereocenters. The fourth-order valence-corrected chi connectivity index (χ4v) is 5.25. The molecule has 2 N–H and O–H groups in total. The van der Waals surface area contributed by atoms with Crippen LogP contribution in [0.25, 0.3) is 0 Å². The van der Waals surface area contributed by atoms with E-state index in [2.05, 4.69) is 6.92 Å². The van der Waals surface area contributed by atoms with Crippen molar-refractivity contribution < 1.29 is 19.8 Å². The third-order valence-corrected chi connectivity index (χ3v) is 6.07. The summed E-state index contributed by atoms with van der Waals surface area (Å²) in [6, 6.07) is 0. The van der Waals surface area contributed by atoms with Gasteiger partial charge in [0.15, 0.2) is 0 Å². The highest BCUT2D eigenvalue weighted by atomic mass is 16.4. The molecule has 0 aromatic rings. The Hall–Kier alpha value is -1.06. The molecule has 21 heavy (non-hydrogen) atoms. The van der Waals surface area contributed by atoms with Crippen LogP contribution < -0.4 is 0 Å². The quantitative estimate of drug-likeness (QED) is 0.801. The van der Waals surface area contributed by atoms with Crippen LogP contribution >= 0.6 is 0 Å². The normalized spacial score (nSPS) is 32.5. The van der Waals surface area contributed by atoms with E-state index in [1.807, 2.05) is 0 Å². The molecule has 2 saturated carbocycles. The molecule has 4 heteroatoms. The molecule has 2 aliphatic rings. The van der Waals surface area contributed by atoms with E-state index < -0.39 is 23.3 Å². The lowest BCUT2D eigenvalue weighted by Gasteiger charge is -2.54. The number of hydrogen-bond donors (Lipinski definition) is 2. The Bertz CT molecular complexity index is 392. The van der Waals surface area contributed by atoms with Crippen molar-refractivity contribution in [2.24, 2.45) is 16.7 Å². The second kappa shape index (κ2) is 6.37. The molecule has 0 spiro atoms. The smallest absolute Gasteiger partial charge is 0.311 e. The largest absolute Gasteiger partial charge is 0.481 e. The van der Waals surface area contributed by atoms with Gasteiger partial charge in [0.1, 0.15) is 0 Å². The number of carbonyl (C=O) groups is 2. The lowest BCUT2D eigenvalue weighted by Crippen LogP contribution is -2.57. The van der Waals surface area contributed by atoms with Gasteiger partial charge in [-0.15, -0.1) is 0 Å². The van der Waals surface area contributed by atoms with Crippen molar-refractivity contribution in [3.8, 4) is 0 Å². The maximum atomic E-state index is 12.3. The Kier molecular flexibility index (Phi) is 4.95. The lowest BCUT2D eigenvalue weighted by molar-refractivity contribution is -0.185. The van der Waals surface area contributed by atoms with E-state index >= 15 is 0 Å². The summed E-state index contributed by atoms with van der Waals surface area (Å²) in [7, 11) is 0. The Morgan fingerprint density at radius 3 is 2.14 bits per heavy atom. The third kappa shape index (κ3) is 2.58. The van der Waals surface area contributed by atoms with Crippen LogP contribution in [0, 0.1) is 16.7 Å². The van der Waals surface area contributed by atoms with Gasteiger partial charge in [0.05, 0.1) is 11.3 Å². The first-order valence-electron chi connectivity index (χ1n) is 8.46. The molecule has 2 fully saturated rings. The summed E-state index contributed by atoms with van der Waals surface area (Å²) < 4.78 is 0. The molecular formula is C17H28O4. The lowest BCUT2D eigenvalue weighted by atomic mass is 9.47. The first-order valence-corrected chi connectivity index (χ1v) is 8.46. The van der Waals surface area contributed by atoms with Gasteiger partial charge in [0.2, 0.25) is 0 Å². The second-order valence-electron chi connectivity index (χ2n) is 7.00. The van der Waals surface area contributed by atoms with Crippen molar-refractivity contribution in [2.45, 2.75) is 77.6 Å². The van der Waals surface area contributed by atoms with Crippen molar-refractivity contribution in [1.82, 2.24) is 0 Å². The highest BCUT2D eigenvalue weighted by molar-refractivity contribution is 5.84. The molecular weight excluding hydrogens is 268 g/mol. The molecule has 0 aliphatic heterocycles. The topological polar surface area (TPSA) is 74.6 Å². The summed E-state index contributed by atoms with van der Waals surface area (Å²) in [5.41, 5.74) is -1.36. The highest BCUT2D eigenvalue weighted by Gasteiger charge is 2.62. The van der Waals surface area contributed by atoms with Crippen LogP contribution in [-0.2, 0) is 9.59 Å². The molecule has 2 unspecified atom stereocenters. The van der Waals surface area contributed by atoms with Crippen LogP contribution in [0.3, 0.4) is 0 Å². The van der Waals surface area contributed by atoms with Gasteiger partial charge in [-0.25, -0.2) is 0 Å². The Morgan fingerprint density at radius 2 is 1.62 bits per heavy atom. The van der Waals surface area contributed by atoms with Gasteiger partial charge in [0.25, 0.3) is 0 Å². The maximum Gasteiger partial charge on any atom is 0.311 e. The Labute approximate surface area is 126 Å². The monoisotopic (exact) mass is 296 g/mol. The van der Waals surface area contributed by atoms with Crippen molar-refractivity contribution >= 4 is 11.9 Å². The Morgan fingerprint density at radius 1 is 1.00 bits per heavy atom. The van der Waals surface area contributed by atoms with Crippen molar-refractivity contribution in [2.75, 3.05) is 0 Å². The fourth-order valence-electron chi connectivity index (χ4n) is 5.25. The Balaban J connectivity index is 2.51. The van der Waals surface area contributed by atoms with Gasteiger partial charge in [-0.2, -0.15) is 0 Å². The van der Waals surface area contributed by atoms with Gasteiger partial charge >= 0.3 is 11.9 Å². The number of rotatable bonds is 5. The summed E-state index contributed by atoms with van der Waals surface area (Å²) in [6.45, 7) is 2.09. The number of aliphatic carboxylic acids is 2. The summed E-state index contributed by atoms with van der Waals surface area (Å²) in [5.74, 6) is -2.48. The average Bonchev–Trinajstić information content (AvgIpc) is 2.48. The van der Waals surface area contributed by atoms with E-state index in [-0.39, 0.29) is 5.41 Å². The zero-order valence-electron chi connectivity index (χ0n) is 13.1. The molecule has 4 nitrogen and oxygen atoms in total. The van der Waals surface area contributed by atoms with Gasteiger partial charge in [-0.1, -0.05) is 45.4 Å². The van der Waals surface area contributed by atoms with Crippen LogP contribution in [0.4, 0.5) is 0 Å². The van der Waals surface area contributed by atoms with Crippen LogP contribution in [0.15, 0.2) is 0 Å². The SMILES string of the molecule is CCCC1(C2(C(=O)O)CCCCC2C(=O)O)CCCCC1. The second-order valence-corrected chi connectivity index (χ2v) is 7.00. The standard InChI is InChI=1S/C17H28O4/c1-2-9-16(10-5-3-6-11-16)17(15(20)21)12-7-4-8-13(17)14(18)19/h13H,2-12H2,1H3,(H,18,19)(H,20,21). The van der Waals surface area contributed by atoms with Crippen molar-refractivity contribution in [3.05, 3.63) is 0 Å². The van der Waals surface area contributed by atoms with E-state index in [9.17, 15) is 19.8 Å². The van der Waals surface area contributed by atoms with E-state index in [4.69, 9.17) is 0 Å². The molecule has 0 aromatic carbocycles. The van der Waals surface area contributed by atoms with E-state index in [0.29, 0.717) is 12.8 Å². The molecule has 0 bridgehead atoms. The van der Waals surface area contributed by atoms with Gasteiger partial charge in [-0.3, -0.25) is 9.59 Å². The molecule has 0 saturated heterocycles. The van der Waals surface area contributed by atoms with Crippen LogP contribution in [0.1, 0.15) is 77.6 Å². The molecule has 2 aliphatic carbocycles. The molecule has 0 heterocycles. The van der Waals surface area contributed by atoms with E-state index in [1.54, 1.807) is 0 Å². The highest BCUT2D eigenvalue weighted by Crippen LogP contribution is 2.61. The molecule has 120 valence electrons. The third-order valence-electron chi connectivity index (χ3n) is 6.07. The van der Waals surface area contributed by atoms with Crippen molar-refractivity contribution in [3.63, 3.8) is 0 Å². The predicted octanol–water partition coefficient (Wildman–Crippen LogP) is 4.08. The predicted molar refractivity (Wildman–Crippen MR) is 80.1 cm³/mol. The van der Waals surface area contributed by atoms with Gasteiger partial charge in [-0.05, 0) is 37.5 Å².